The number of nitro groups is 1. The fraction of sp³-hybridized carbons (Fsp3) is 0.514. The van der Waals surface area contributed by atoms with Gasteiger partial charge >= 0.3 is 24.0 Å². The molecule has 19 nitrogen and oxygen atoms in total. The Morgan fingerprint density at radius 3 is 2.33 bits per heavy atom. The van der Waals surface area contributed by atoms with Crippen LogP contribution in [0.2, 0.25) is 10.0 Å². The number of amides is 3. The van der Waals surface area contributed by atoms with E-state index >= 15 is 0 Å². The molecule has 3 aliphatic heterocycles. The van der Waals surface area contributed by atoms with E-state index in [4.69, 9.17) is 47.1 Å². The lowest BCUT2D eigenvalue weighted by molar-refractivity contribution is -0.940. The van der Waals surface area contributed by atoms with Crippen molar-refractivity contribution in [2.24, 2.45) is 7.05 Å². The van der Waals surface area contributed by atoms with E-state index in [1.807, 2.05) is 0 Å². The van der Waals surface area contributed by atoms with Gasteiger partial charge in [-0.25, -0.2) is 14.6 Å². The van der Waals surface area contributed by atoms with Crippen LogP contribution in [0.1, 0.15) is 36.9 Å². The lowest BCUT2D eigenvalue weighted by Crippen LogP contribution is -2.56. The molecule has 24 heteroatoms. The third-order valence-electron chi connectivity index (χ3n) is 10.7. The lowest BCUT2D eigenvalue weighted by Gasteiger charge is -2.43. The molecule has 3 amide bonds. The Hall–Kier alpha value is -5.45. The molecule has 61 heavy (non-hydrogen) atoms. The SMILES string of the molecule is COc1cc(OC)c(Cl)c(N2Cc3cnc(NC4CCOCC4)nc3N(C3CCN(C(=O)/C=C/C(OC(=O)C(F)(F)F)[N+](C)(C)Cc4c([N+](=O)[O-])ncn4C)CC3)C2=O)c1Cl. The van der Waals surface area contributed by atoms with Crippen LogP contribution in [0.4, 0.5) is 41.2 Å². The Morgan fingerprint density at radius 2 is 1.74 bits per heavy atom. The van der Waals surface area contributed by atoms with Gasteiger partial charge in [-0.05, 0) is 35.6 Å². The molecule has 0 saturated carbocycles. The minimum atomic E-state index is -5.36. The summed E-state index contributed by atoms with van der Waals surface area (Å²) >= 11 is 13.6. The number of ether oxygens (including phenoxy) is 4. The first-order valence-corrected chi connectivity index (χ1v) is 19.7. The number of benzene rings is 1. The van der Waals surface area contributed by atoms with Crippen LogP contribution >= 0.6 is 23.2 Å². The van der Waals surface area contributed by atoms with Gasteiger partial charge in [0.2, 0.25) is 18.2 Å². The number of methoxy groups -OCH3 is 2. The Kier molecular flexibility index (Phi) is 13.5. The summed E-state index contributed by atoms with van der Waals surface area (Å²) in [6.07, 6.45) is -0.305. The van der Waals surface area contributed by atoms with Gasteiger partial charge in [0.15, 0.2) is 5.69 Å². The number of carbonyl (C=O) groups is 3. The van der Waals surface area contributed by atoms with Crippen LogP contribution in [-0.4, -0.2) is 131 Å². The van der Waals surface area contributed by atoms with E-state index in [0.717, 1.165) is 25.0 Å². The lowest BCUT2D eigenvalue weighted by atomic mass is 10.0. The largest absolute Gasteiger partial charge is 0.495 e. The zero-order valence-electron chi connectivity index (χ0n) is 33.8. The Bertz CT molecular complexity index is 2170. The average Bonchev–Trinajstić information content (AvgIpc) is 3.58. The first-order valence-electron chi connectivity index (χ1n) is 19.0. The zero-order chi connectivity index (χ0) is 44.4. The van der Waals surface area contributed by atoms with E-state index < -0.39 is 51.6 Å². The van der Waals surface area contributed by atoms with E-state index in [9.17, 15) is 37.7 Å². The number of imidazole rings is 1. The van der Waals surface area contributed by atoms with Gasteiger partial charge in [-0.1, -0.05) is 23.2 Å². The highest BCUT2D eigenvalue weighted by Crippen LogP contribution is 2.48. The van der Waals surface area contributed by atoms with Crippen LogP contribution in [0.25, 0.3) is 0 Å². The monoisotopic (exact) mass is 899 g/mol. The molecule has 5 heterocycles. The number of nitrogens with zero attached hydrogens (tertiary/aromatic N) is 9. The summed E-state index contributed by atoms with van der Waals surface area (Å²) in [5.74, 6) is -2.56. The molecular formula is C37H44Cl2F3N10O9+. The van der Waals surface area contributed by atoms with Crippen LogP contribution in [0, 0.1) is 10.1 Å². The number of quaternary nitrogens is 1. The molecule has 2 aromatic heterocycles. The number of fused-ring (bicyclic) bond motifs is 1. The van der Waals surface area contributed by atoms with Crippen LogP contribution in [0.15, 0.2) is 30.7 Å². The van der Waals surface area contributed by atoms with Crippen LogP contribution in [-0.2, 0) is 39.2 Å². The number of likely N-dealkylation sites (N-methyl/N-ethyl adjacent to an activating group) is 1. The predicted molar refractivity (Wildman–Crippen MR) is 213 cm³/mol. The first kappa shape index (κ1) is 45.1. The molecule has 330 valence electrons. The third-order valence-corrected chi connectivity index (χ3v) is 11.4. The highest BCUT2D eigenvalue weighted by Gasteiger charge is 2.46. The van der Waals surface area contributed by atoms with Gasteiger partial charge < -0.3 is 43.8 Å². The number of nitrogens with one attached hydrogen (secondary N) is 1. The Morgan fingerprint density at radius 1 is 1.10 bits per heavy atom. The number of esters is 1. The fourth-order valence-electron chi connectivity index (χ4n) is 7.34. The van der Waals surface area contributed by atoms with Gasteiger partial charge in [-0.2, -0.15) is 18.2 Å². The number of aryl methyl sites for hydroxylation is 1. The number of carbonyl (C=O) groups excluding carboxylic acids is 3. The van der Waals surface area contributed by atoms with E-state index in [1.54, 1.807) is 6.20 Å². The number of rotatable bonds is 13. The number of alkyl halides is 3. The van der Waals surface area contributed by atoms with Gasteiger partial charge in [0.05, 0.1) is 40.5 Å². The second-order valence-corrected chi connectivity index (χ2v) is 15.9. The minimum absolute atomic E-state index is 0.0109. The Labute approximate surface area is 357 Å². The minimum Gasteiger partial charge on any atom is -0.495 e. The molecule has 1 N–H and O–H groups in total. The Balaban J connectivity index is 1.26. The molecular weight excluding hydrogens is 856 g/mol. The molecule has 1 aromatic carbocycles. The van der Waals surface area contributed by atoms with Crippen molar-refractivity contribution < 1.29 is 55.9 Å². The smallest absolute Gasteiger partial charge is 0.491 e. The predicted octanol–water partition coefficient (Wildman–Crippen LogP) is 5.24. The van der Waals surface area contributed by atoms with Crippen LogP contribution in [0.3, 0.4) is 0 Å². The average molecular weight is 901 g/mol. The van der Waals surface area contributed by atoms with E-state index in [0.29, 0.717) is 30.5 Å². The number of urea groups is 1. The maximum Gasteiger partial charge on any atom is 0.491 e. The van der Waals surface area contributed by atoms with Crippen molar-refractivity contribution in [1.82, 2.24) is 24.4 Å². The summed E-state index contributed by atoms with van der Waals surface area (Å²) in [5.41, 5.74) is 0.760. The topological polar surface area (TPSA) is 197 Å². The van der Waals surface area contributed by atoms with Crippen molar-refractivity contribution in [3.63, 3.8) is 0 Å². The molecule has 2 saturated heterocycles. The van der Waals surface area contributed by atoms with Gasteiger partial charge in [0.25, 0.3) is 6.23 Å². The standard InChI is InChI=1S/C37H44Cl2F3N10O9/c1-47-20-44-33(51(56)57)24(47)19-52(2,3)28(61-34(54)37(40,41)42)7-6-27(53)48-12-8-23(9-13-48)50-32-21(17-43-35(46-32)45-22-10-14-60-15-11-22)18-49(36(50)55)31-29(38)25(58-4)16-26(59-5)30(31)39/h6-7,16-17,20,22-23,28H,8-15,18-19H2,1-5H3,(H,43,45,46)/q+1/b7-6+. The van der Waals surface area contributed by atoms with Gasteiger partial charge in [-0.3, -0.25) is 19.1 Å². The maximum atomic E-state index is 14.7. The number of piperidine rings is 1. The number of halogens is 5. The molecule has 1 unspecified atom stereocenters. The summed E-state index contributed by atoms with van der Waals surface area (Å²) in [7, 11) is 7.07. The number of hydrogen-bond acceptors (Lipinski definition) is 13. The summed E-state index contributed by atoms with van der Waals surface area (Å²) in [6, 6.07) is 0.510. The molecule has 1 atom stereocenters. The van der Waals surface area contributed by atoms with Crippen molar-refractivity contribution in [3.8, 4) is 11.5 Å². The number of anilines is 3. The van der Waals surface area contributed by atoms with E-state index in [1.165, 1.54) is 67.0 Å². The van der Waals surface area contributed by atoms with Crippen molar-refractivity contribution >= 4 is 64.4 Å². The molecule has 0 radical (unpaired) electrons. The van der Waals surface area contributed by atoms with Gasteiger partial charge in [-0.15, -0.1) is 0 Å². The number of aromatic nitrogens is 4. The van der Waals surface area contributed by atoms with Crippen molar-refractivity contribution in [2.45, 2.75) is 63.3 Å². The van der Waals surface area contributed by atoms with Crippen LogP contribution < -0.4 is 24.6 Å². The first-order chi connectivity index (χ1) is 28.8. The normalized spacial score (nSPS) is 17.3. The number of hydrogen-bond donors (Lipinski definition) is 1. The van der Waals surface area contributed by atoms with Gasteiger partial charge in [0, 0.05) is 75.4 Å². The second kappa shape index (κ2) is 18.3. The third kappa shape index (κ3) is 9.71. The highest BCUT2D eigenvalue weighted by molar-refractivity contribution is 6.42. The van der Waals surface area contributed by atoms with E-state index in [-0.39, 0.29) is 78.0 Å². The quantitative estimate of drug-likeness (QED) is 0.0585. The van der Waals surface area contributed by atoms with Crippen molar-refractivity contribution in [3.05, 3.63) is 62.2 Å². The summed E-state index contributed by atoms with van der Waals surface area (Å²) in [6.45, 7) is 1.05. The number of likely N-dealkylation sites (tertiary alicyclic amines) is 1. The van der Waals surface area contributed by atoms with Crippen molar-refractivity contribution in [2.75, 3.05) is 69.7 Å². The summed E-state index contributed by atoms with van der Waals surface area (Å²) < 4.78 is 62.2. The summed E-state index contributed by atoms with van der Waals surface area (Å²) in [4.78, 5) is 68.7. The molecule has 3 aromatic rings. The molecule has 0 spiro atoms. The maximum absolute atomic E-state index is 14.7. The molecule has 0 bridgehead atoms. The van der Waals surface area contributed by atoms with Crippen molar-refractivity contribution in [1.29, 1.82) is 0 Å². The van der Waals surface area contributed by atoms with Crippen LogP contribution in [0.5, 0.6) is 11.5 Å². The summed E-state index contributed by atoms with van der Waals surface area (Å²) in [5, 5.41) is 15.1. The van der Waals surface area contributed by atoms with Gasteiger partial charge in [0.1, 0.15) is 33.9 Å². The molecule has 0 aliphatic carbocycles. The zero-order valence-corrected chi connectivity index (χ0v) is 35.3. The molecule has 6 rings (SSSR count). The highest BCUT2D eigenvalue weighted by atomic mass is 35.5. The molecule has 3 aliphatic rings. The second-order valence-electron chi connectivity index (χ2n) is 15.1. The fourth-order valence-corrected chi connectivity index (χ4v) is 8.05. The molecule has 2 fully saturated rings. The van der Waals surface area contributed by atoms with E-state index in [2.05, 4.69) is 15.3 Å².